The molecule has 0 atom stereocenters. The molecule has 0 aliphatic carbocycles. The fourth-order valence-corrected chi connectivity index (χ4v) is 3.61. The van der Waals surface area contributed by atoms with E-state index in [9.17, 15) is 0 Å². The molecule has 0 spiro atoms. The fourth-order valence-electron chi connectivity index (χ4n) is 3.61. The minimum Gasteiger partial charge on any atom is -0.486 e. The molecule has 4 heterocycles. The Hall–Kier alpha value is -3.55. The van der Waals surface area contributed by atoms with Crippen molar-refractivity contribution in [2.75, 3.05) is 48.5 Å². The molecule has 148 valence electrons. The van der Waals surface area contributed by atoms with Gasteiger partial charge in [-0.2, -0.15) is 4.98 Å². The Kier molecular flexibility index (Phi) is 4.51. The molecule has 29 heavy (non-hydrogen) atoms. The molecule has 5 rings (SSSR count). The molecule has 0 bridgehead atoms. The van der Waals surface area contributed by atoms with Gasteiger partial charge >= 0.3 is 0 Å². The van der Waals surface area contributed by atoms with E-state index in [1.54, 1.807) is 19.5 Å². The molecule has 0 saturated carbocycles. The molecular formula is C21H22N6O2. The molecule has 8 heteroatoms. The van der Waals surface area contributed by atoms with Crippen LogP contribution in [0.3, 0.4) is 0 Å². The molecule has 1 saturated heterocycles. The molecule has 8 nitrogen and oxygen atoms in total. The van der Waals surface area contributed by atoms with Crippen LogP contribution in [0, 0.1) is 0 Å². The zero-order valence-electron chi connectivity index (χ0n) is 16.2. The van der Waals surface area contributed by atoms with E-state index in [-0.39, 0.29) is 6.04 Å². The molecule has 1 fully saturated rings. The smallest absolute Gasteiger partial charge is 0.225 e. The summed E-state index contributed by atoms with van der Waals surface area (Å²) in [5.74, 6) is 2.75. The van der Waals surface area contributed by atoms with Gasteiger partial charge in [0.25, 0.3) is 0 Å². The number of hydrogen-bond acceptors (Lipinski definition) is 8. The number of rotatable bonds is 5. The van der Waals surface area contributed by atoms with E-state index in [0.29, 0.717) is 24.2 Å². The summed E-state index contributed by atoms with van der Waals surface area (Å²) in [5.41, 5.74) is 2.20. The lowest BCUT2D eigenvalue weighted by molar-refractivity contribution is 0.310. The summed E-state index contributed by atoms with van der Waals surface area (Å²) in [6.07, 6.45) is 3.52. The van der Waals surface area contributed by atoms with E-state index in [0.717, 1.165) is 36.8 Å². The van der Waals surface area contributed by atoms with Crippen LogP contribution >= 0.6 is 0 Å². The van der Waals surface area contributed by atoms with Crippen LogP contribution in [0.15, 0.2) is 54.9 Å². The summed E-state index contributed by atoms with van der Waals surface area (Å²) in [5, 5.41) is 3.44. The Bertz CT molecular complexity index is 993. The molecule has 2 aliphatic heterocycles. The second-order valence-electron chi connectivity index (χ2n) is 7.02. The highest BCUT2D eigenvalue weighted by Gasteiger charge is 2.29. The maximum atomic E-state index is 5.75. The van der Waals surface area contributed by atoms with Crippen molar-refractivity contribution in [1.29, 1.82) is 0 Å². The first-order chi connectivity index (χ1) is 14.3. The minimum atomic E-state index is 0.280. The summed E-state index contributed by atoms with van der Waals surface area (Å²) in [7, 11) is 1.63. The number of hydrogen-bond donors (Lipinski definition) is 1. The summed E-state index contributed by atoms with van der Waals surface area (Å²) in [6, 6.07) is 14.4. The predicted molar refractivity (Wildman–Crippen MR) is 111 cm³/mol. The maximum Gasteiger partial charge on any atom is 0.225 e. The van der Waals surface area contributed by atoms with Crippen molar-refractivity contribution in [3.63, 3.8) is 0 Å². The van der Waals surface area contributed by atoms with Crippen molar-refractivity contribution in [2.45, 2.75) is 6.04 Å². The largest absolute Gasteiger partial charge is 0.486 e. The van der Waals surface area contributed by atoms with Crippen molar-refractivity contribution in [1.82, 2.24) is 15.0 Å². The lowest BCUT2D eigenvalue weighted by atomic mass is 10.1. The van der Waals surface area contributed by atoms with Gasteiger partial charge in [-0.3, -0.25) is 0 Å². The number of ether oxygens (including phenoxy) is 2. The van der Waals surface area contributed by atoms with Crippen LogP contribution in [0.5, 0.6) is 11.6 Å². The predicted octanol–water partition coefficient (Wildman–Crippen LogP) is 2.71. The molecule has 0 amide bonds. The summed E-state index contributed by atoms with van der Waals surface area (Å²) >= 11 is 0. The molecule has 3 aromatic rings. The monoisotopic (exact) mass is 390 g/mol. The number of benzene rings is 1. The van der Waals surface area contributed by atoms with Gasteiger partial charge in [0.05, 0.1) is 25.9 Å². The van der Waals surface area contributed by atoms with Crippen molar-refractivity contribution >= 4 is 23.1 Å². The number of pyridine rings is 1. The average molecular weight is 390 g/mol. The maximum absolute atomic E-state index is 5.75. The number of para-hydroxylation sites is 1. The second-order valence-corrected chi connectivity index (χ2v) is 7.02. The van der Waals surface area contributed by atoms with Gasteiger partial charge in [-0.25, -0.2) is 9.97 Å². The summed E-state index contributed by atoms with van der Waals surface area (Å²) < 4.78 is 11.0. The number of anilines is 4. The van der Waals surface area contributed by atoms with Crippen molar-refractivity contribution in [3.05, 3.63) is 54.9 Å². The highest BCUT2D eigenvalue weighted by Crippen LogP contribution is 2.35. The van der Waals surface area contributed by atoms with Gasteiger partial charge in [0.1, 0.15) is 6.61 Å². The first-order valence-corrected chi connectivity index (χ1v) is 9.64. The van der Waals surface area contributed by atoms with Crippen LogP contribution < -0.4 is 24.6 Å². The van der Waals surface area contributed by atoms with Crippen LogP contribution in [0.25, 0.3) is 0 Å². The lowest BCUT2D eigenvalue weighted by Gasteiger charge is -2.41. The molecule has 2 aromatic heterocycles. The number of aromatic nitrogens is 3. The van der Waals surface area contributed by atoms with Crippen LogP contribution in [0.4, 0.5) is 23.1 Å². The van der Waals surface area contributed by atoms with Gasteiger partial charge in [0.15, 0.2) is 11.6 Å². The van der Waals surface area contributed by atoms with Crippen molar-refractivity contribution < 1.29 is 9.47 Å². The highest BCUT2D eigenvalue weighted by atomic mass is 16.5. The van der Waals surface area contributed by atoms with Gasteiger partial charge in [-0.15, -0.1) is 0 Å². The first-order valence-electron chi connectivity index (χ1n) is 9.64. The van der Waals surface area contributed by atoms with Gasteiger partial charge in [-0.1, -0.05) is 18.2 Å². The van der Waals surface area contributed by atoms with E-state index in [2.05, 4.69) is 37.2 Å². The molecule has 1 aromatic carbocycles. The molecule has 0 radical (unpaired) electrons. The standard InChI is InChI=1S/C21H22N6O2/c1-28-19-11-17(7-8-22-19)26-13-15(14-26)24-21-23-12-18-20(25-21)27(9-10-29-18)16-5-3-2-4-6-16/h2-8,11-12,15H,9-10,13-14H2,1H3,(H,23,24,25). The van der Waals surface area contributed by atoms with E-state index in [4.69, 9.17) is 14.5 Å². The average Bonchev–Trinajstić information content (AvgIpc) is 2.76. The first kappa shape index (κ1) is 17.5. The Labute approximate surface area is 169 Å². The zero-order valence-corrected chi connectivity index (χ0v) is 16.2. The number of nitrogens with one attached hydrogen (secondary N) is 1. The van der Waals surface area contributed by atoms with Gasteiger partial charge in [-0.05, 0) is 18.2 Å². The number of nitrogens with zero attached hydrogens (tertiary/aromatic N) is 5. The zero-order chi connectivity index (χ0) is 19.6. The topological polar surface area (TPSA) is 75.6 Å². The Balaban J connectivity index is 1.29. The second kappa shape index (κ2) is 7.46. The van der Waals surface area contributed by atoms with Crippen LogP contribution in [0.1, 0.15) is 0 Å². The number of fused-ring (bicyclic) bond motifs is 1. The summed E-state index contributed by atoms with van der Waals surface area (Å²) in [6.45, 7) is 3.11. The van der Waals surface area contributed by atoms with E-state index in [1.165, 1.54) is 0 Å². The van der Waals surface area contributed by atoms with Crippen molar-refractivity contribution in [3.8, 4) is 11.6 Å². The Morgan fingerprint density at radius 3 is 2.79 bits per heavy atom. The third kappa shape index (κ3) is 3.49. The Morgan fingerprint density at radius 2 is 1.97 bits per heavy atom. The van der Waals surface area contributed by atoms with Crippen LogP contribution in [-0.4, -0.2) is 54.3 Å². The van der Waals surface area contributed by atoms with E-state index >= 15 is 0 Å². The van der Waals surface area contributed by atoms with Gasteiger partial charge in [0.2, 0.25) is 11.8 Å². The van der Waals surface area contributed by atoms with Gasteiger partial charge < -0.3 is 24.6 Å². The molecule has 1 N–H and O–H groups in total. The van der Waals surface area contributed by atoms with Gasteiger partial charge in [0, 0.05) is 36.7 Å². The third-order valence-electron chi connectivity index (χ3n) is 5.14. The number of methoxy groups -OCH3 is 1. The molecule has 0 unspecified atom stereocenters. The van der Waals surface area contributed by atoms with Crippen molar-refractivity contribution in [2.24, 2.45) is 0 Å². The SMILES string of the molecule is COc1cc(N2CC(Nc3ncc4c(n3)N(c3ccccc3)CCO4)C2)ccn1. The highest BCUT2D eigenvalue weighted by molar-refractivity contribution is 5.67. The fraction of sp³-hybridized carbons (Fsp3) is 0.286. The summed E-state index contributed by atoms with van der Waals surface area (Å²) in [4.78, 5) is 17.8. The normalized spacial score (nSPS) is 15.9. The molecule has 2 aliphatic rings. The molecular weight excluding hydrogens is 368 g/mol. The van der Waals surface area contributed by atoms with Crippen LogP contribution in [-0.2, 0) is 0 Å². The minimum absolute atomic E-state index is 0.280. The third-order valence-corrected chi connectivity index (χ3v) is 5.14. The quantitative estimate of drug-likeness (QED) is 0.713. The van der Waals surface area contributed by atoms with Crippen LogP contribution in [0.2, 0.25) is 0 Å². The van der Waals surface area contributed by atoms with E-state index < -0.39 is 0 Å². The lowest BCUT2D eigenvalue weighted by Crippen LogP contribution is -2.55. The van der Waals surface area contributed by atoms with E-state index in [1.807, 2.05) is 30.3 Å². The Morgan fingerprint density at radius 1 is 1.10 bits per heavy atom.